The lowest BCUT2D eigenvalue weighted by Crippen LogP contribution is -2.54. The Labute approximate surface area is 76.1 Å². The summed E-state index contributed by atoms with van der Waals surface area (Å²) in [7, 11) is 2.23. The number of likely N-dealkylation sites (tertiary alicyclic amines) is 1. The van der Waals surface area contributed by atoms with E-state index in [1.54, 1.807) is 0 Å². The van der Waals surface area contributed by atoms with Crippen molar-refractivity contribution in [3.8, 4) is 0 Å². The quantitative estimate of drug-likeness (QED) is 0.594. The van der Waals surface area contributed by atoms with Gasteiger partial charge < -0.3 is 0 Å². The van der Waals surface area contributed by atoms with Crippen molar-refractivity contribution in [3.63, 3.8) is 0 Å². The molecule has 12 heavy (non-hydrogen) atoms. The third-order valence-corrected chi connectivity index (χ3v) is 3.06. The van der Waals surface area contributed by atoms with E-state index in [2.05, 4.69) is 20.9 Å². The first-order valence-corrected chi connectivity index (χ1v) is 5.22. The molecular formula is C10H22NO+. The fourth-order valence-corrected chi connectivity index (χ4v) is 2.32. The number of hydroxylamine groups is 3. The van der Waals surface area contributed by atoms with Crippen LogP contribution in [0.25, 0.3) is 0 Å². The maximum absolute atomic E-state index is 5.81. The summed E-state index contributed by atoms with van der Waals surface area (Å²) in [6.45, 7) is 6.40. The topological polar surface area (TPSA) is 9.23 Å². The standard InChI is InChI=1S/C10H22NO/c1-4-10-8-6-7-9-11(10,3)12-5-2/h10H,4-9H2,1-3H3/q+1. The van der Waals surface area contributed by atoms with Crippen LogP contribution in [0.5, 0.6) is 0 Å². The lowest BCUT2D eigenvalue weighted by atomic mass is 10.0. The normalized spacial score (nSPS) is 36.8. The van der Waals surface area contributed by atoms with E-state index in [1.807, 2.05) is 0 Å². The van der Waals surface area contributed by atoms with E-state index in [0.717, 1.165) is 17.3 Å². The number of piperidine rings is 1. The van der Waals surface area contributed by atoms with Crippen molar-refractivity contribution in [2.75, 3.05) is 20.2 Å². The van der Waals surface area contributed by atoms with Crippen LogP contribution in [-0.4, -0.2) is 30.9 Å². The smallest absolute Gasteiger partial charge is 0.119 e. The first-order valence-electron chi connectivity index (χ1n) is 5.22. The van der Waals surface area contributed by atoms with Gasteiger partial charge >= 0.3 is 0 Å². The molecule has 1 aliphatic heterocycles. The van der Waals surface area contributed by atoms with Crippen LogP contribution in [0.3, 0.4) is 0 Å². The molecule has 0 aromatic heterocycles. The minimum Gasteiger partial charge on any atom is -0.203 e. The highest BCUT2D eigenvalue weighted by Crippen LogP contribution is 2.26. The summed E-state index contributed by atoms with van der Waals surface area (Å²) < 4.78 is 0.854. The first kappa shape index (κ1) is 10.0. The molecule has 2 nitrogen and oxygen atoms in total. The lowest BCUT2D eigenvalue weighted by Gasteiger charge is -2.41. The summed E-state index contributed by atoms with van der Waals surface area (Å²) >= 11 is 0. The van der Waals surface area contributed by atoms with Crippen molar-refractivity contribution < 1.29 is 9.48 Å². The molecule has 1 heterocycles. The van der Waals surface area contributed by atoms with Crippen LogP contribution in [0.2, 0.25) is 0 Å². The van der Waals surface area contributed by atoms with Gasteiger partial charge in [0.2, 0.25) is 0 Å². The average Bonchev–Trinajstić information content (AvgIpc) is 2.05. The van der Waals surface area contributed by atoms with E-state index in [9.17, 15) is 0 Å². The summed E-state index contributed by atoms with van der Waals surface area (Å²) in [6.07, 6.45) is 5.30. The van der Waals surface area contributed by atoms with Gasteiger partial charge in [0.25, 0.3) is 0 Å². The van der Waals surface area contributed by atoms with E-state index in [4.69, 9.17) is 4.84 Å². The molecule has 1 saturated heterocycles. The number of hydrogen-bond donors (Lipinski definition) is 0. The fraction of sp³-hybridized carbons (Fsp3) is 1.00. The molecule has 0 bridgehead atoms. The SMILES string of the molecule is CCO[N+]1(C)CCCCC1CC. The van der Waals surface area contributed by atoms with Gasteiger partial charge in [-0.05, 0) is 26.2 Å². The van der Waals surface area contributed by atoms with Gasteiger partial charge in [0.15, 0.2) is 0 Å². The molecule has 0 saturated carbocycles. The zero-order valence-corrected chi connectivity index (χ0v) is 8.68. The van der Waals surface area contributed by atoms with E-state index in [1.165, 1.54) is 32.2 Å². The molecule has 1 fully saturated rings. The van der Waals surface area contributed by atoms with E-state index >= 15 is 0 Å². The Hall–Kier alpha value is -0.0800. The van der Waals surface area contributed by atoms with Crippen LogP contribution < -0.4 is 0 Å². The maximum atomic E-state index is 5.81. The predicted molar refractivity (Wildman–Crippen MR) is 50.6 cm³/mol. The highest BCUT2D eigenvalue weighted by atomic mass is 16.7. The van der Waals surface area contributed by atoms with Crippen molar-refractivity contribution in [2.45, 2.75) is 45.6 Å². The van der Waals surface area contributed by atoms with Gasteiger partial charge in [-0.15, -0.1) is 0 Å². The molecule has 0 aliphatic carbocycles. The number of quaternary nitrogens is 1. The number of rotatable bonds is 3. The van der Waals surface area contributed by atoms with Crippen molar-refractivity contribution in [1.29, 1.82) is 0 Å². The molecule has 2 heteroatoms. The molecule has 1 rings (SSSR count). The minimum absolute atomic E-state index is 0.735. The molecule has 2 atom stereocenters. The Morgan fingerprint density at radius 1 is 1.33 bits per heavy atom. The monoisotopic (exact) mass is 172 g/mol. The molecule has 0 N–H and O–H groups in total. The molecule has 1 aliphatic rings. The molecular weight excluding hydrogens is 150 g/mol. The maximum Gasteiger partial charge on any atom is 0.119 e. The van der Waals surface area contributed by atoms with E-state index in [-0.39, 0.29) is 0 Å². The third kappa shape index (κ3) is 1.99. The highest BCUT2D eigenvalue weighted by Gasteiger charge is 2.35. The number of nitrogens with zero attached hydrogens (tertiary/aromatic N) is 1. The molecule has 0 aromatic rings. The molecule has 2 unspecified atom stereocenters. The number of hydrogen-bond acceptors (Lipinski definition) is 1. The van der Waals surface area contributed by atoms with Crippen LogP contribution >= 0.6 is 0 Å². The molecule has 0 amide bonds. The van der Waals surface area contributed by atoms with Crippen molar-refractivity contribution in [2.24, 2.45) is 0 Å². The average molecular weight is 172 g/mol. The Bertz CT molecular complexity index is 134. The van der Waals surface area contributed by atoms with Gasteiger partial charge in [-0.25, -0.2) is 4.84 Å². The second-order valence-corrected chi connectivity index (χ2v) is 3.87. The van der Waals surface area contributed by atoms with Gasteiger partial charge in [0.05, 0.1) is 7.05 Å². The van der Waals surface area contributed by atoms with Crippen LogP contribution in [0, 0.1) is 0 Å². The van der Waals surface area contributed by atoms with Crippen molar-refractivity contribution in [1.82, 2.24) is 0 Å². The second-order valence-electron chi connectivity index (χ2n) is 3.87. The van der Waals surface area contributed by atoms with Gasteiger partial charge in [0, 0.05) is 6.42 Å². The zero-order valence-electron chi connectivity index (χ0n) is 8.68. The fourth-order valence-electron chi connectivity index (χ4n) is 2.32. The Morgan fingerprint density at radius 2 is 2.08 bits per heavy atom. The molecule has 0 spiro atoms. The van der Waals surface area contributed by atoms with E-state index in [0.29, 0.717) is 0 Å². The Kier molecular flexibility index (Phi) is 3.53. The molecule has 72 valence electrons. The summed E-state index contributed by atoms with van der Waals surface area (Å²) in [5.41, 5.74) is 0. The Balaban J connectivity index is 2.55. The van der Waals surface area contributed by atoms with Gasteiger partial charge in [-0.1, -0.05) is 6.92 Å². The van der Waals surface area contributed by atoms with Crippen LogP contribution in [-0.2, 0) is 4.84 Å². The molecule has 0 aromatic carbocycles. The second kappa shape index (κ2) is 4.24. The van der Waals surface area contributed by atoms with E-state index < -0.39 is 0 Å². The molecule has 0 radical (unpaired) electrons. The first-order chi connectivity index (χ1) is 5.73. The van der Waals surface area contributed by atoms with Gasteiger partial charge in [-0.3, -0.25) is 0 Å². The van der Waals surface area contributed by atoms with Gasteiger partial charge in [-0.2, -0.15) is 4.65 Å². The predicted octanol–water partition coefficient (Wildman–Crippen LogP) is 2.35. The lowest BCUT2D eigenvalue weighted by molar-refractivity contribution is -1.11. The summed E-state index contributed by atoms with van der Waals surface area (Å²) in [5, 5.41) is 0. The highest BCUT2D eigenvalue weighted by molar-refractivity contribution is 4.60. The zero-order chi connectivity index (χ0) is 9.03. The summed E-state index contributed by atoms with van der Waals surface area (Å²) in [4.78, 5) is 5.81. The minimum atomic E-state index is 0.735. The summed E-state index contributed by atoms with van der Waals surface area (Å²) in [5.74, 6) is 0. The van der Waals surface area contributed by atoms with Crippen molar-refractivity contribution in [3.05, 3.63) is 0 Å². The largest absolute Gasteiger partial charge is 0.203 e. The van der Waals surface area contributed by atoms with Crippen molar-refractivity contribution >= 4 is 0 Å². The van der Waals surface area contributed by atoms with Gasteiger partial charge in [0.1, 0.15) is 19.2 Å². The van der Waals surface area contributed by atoms with Crippen LogP contribution in [0.4, 0.5) is 0 Å². The third-order valence-electron chi connectivity index (χ3n) is 3.06. The summed E-state index contributed by atoms with van der Waals surface area (Å²) in [6, 6.07) is 0.735. The van der Waals surface area contributed by atoms with Crippen LogP contribution in [0.1, 0.15) is 39.5 Å². The van der Waals surface area contributed by atoms with Crippen LogP contribution in [0.15, 0.2) is 0 Å². The Morgan fingerprint density at radius 3 is 2.67 bits per heavy atom.